The van der Waals surface area contributed by atoms with E-state index >= 15 is 0 Å². The van der Waals surface area contributed by atoms with Crippen LogP contribution in [0.15, 0.2) is 24.3 Å². The molecule has 1 aromatic carbocycles. The number of ether oxygens (including phenoxy) is 1. The summed E-state index contributed by atoms with van der Waals surface area (Å²) in [5.41, 5.74) is -1.24. The number of nitrogens with one attached hydrogen (secondary N) is 2. The molecule has 5 nitrogen and oxygen atoms in total. The third kappa shape index (κ3) is 3.19. The molecule has 1 atom stereocenters. The highest BCUT2D eigenvalue weighted by Gasteiger charge is 2.22. The van der Waals surface area contributed by atoms with E-state index in [1.54, 1.807) is 14.1 Å². The van der Waals surface area contributed by atoms with E-state index in [-0.39, 0.29) is 28.3 Å². The molecule has 5 heteroatoms. The van der Waals surface area contributed by atoms with Gasteiger partial charge in [0.05, 0.1) is 12.9 Å². The van der Waals surface area contributed by atoms with Crippen LogP contribution in [0.25, 0.3) is 10.9 Å². The van der Waals surface area contributed by atoms with Crippen LogP contribution in [0.3, 0.4) is 0 Å². The van der Waals surface area contributed by atoms with Crippen molar-refractivity contribution in [1.29, 1.82) is 0 Å². The van der Waals surface area contributed by atoms with Crippen molar-refractivity contribution in [2.45, 2.75) is 18.8 Å². The Balaban J connectivity index is 2.37. The Morgan fingerprint density at radius 2 is 2.48 bits per heavy atom. The highest BCUT2D eigenvalue weighted by Crippen LogP contribution is 2.21. The highest BCUT2D eigenvalue weighted by atomic mass is 16.6. The number of aromatic amines is 1. The van der Waals surface area contributed by atoms with Crippen LogP contribution >= 0.6 is 0 Å². The largest absolute Gasteiger partial charge is 0.447 e. The van der Waals surface area contributed by atoms with Crippen molar-refractivity contribution in [3.8, 4) is 0 Å². The van der Waals surface area contributed by atoms with Crippen molar-refractivity contribution >= 4 is 17.0 Å². The van der Waals surface area contributed by atoms with Crippen LogP contribution in [-0.4, -0.2) is 49.2 Å². The Morgan fingerprint density at radius 3 is 3.19 bits per heavy atom. The fourth-order valence-corrected chi connectivity index (χ4v) is 1.80. The number of H-pyrrole nitrogens is 1. The third-order valence-corrected chi connectivity index (χ3v) is 2.74. The second-order valence-electron chi connectivity index (χ2n) is 4.72. The minimum absolute atomic E-state index is 0.0470. The van der Waals surface area contributed by atoms with Crippen molar-refractivity contribution < 1.29 is 24.7 Å². The molecule has 2 N–H and O–H groups in total. The number of amides is 1. The molecule has 3 rings (SSSR count). The smallest absolute Gasteiger partial charge is 0.407 e. The highest BCUT2D eigenvalue weighted by molar-refractivity contribution is 5.84. The van der Waals surface area contributed by atoms with E-state index in [1.807, 2.05) is 0 Å². The average Bonchev–Trinajstić information content (AvgIpc) is 3.06. The molecule has 0 saturated carbocycles. The standard InChI is InChI=1S/C16H21N3O2/c1-19(2)6-5-12-9-17-15-4-3-11(8-14(12)15)7-13-10-21-16(20)18-13/h3-4,8-9,13,17H,5-7,10H2,1-2H3,(H,18,20)/t13-/m0/s1/i3D,4D,5D2,7D2,8D,10D2/hD2. The Kier molecular flexibility index (Phi) is 1.65. The molecular formula is C16H21N3O2. The lowest BCUT2D eigenvalue weighted by molar-refractivity contribution is 0.177. The fourth-order valence-electron chi connectivity index (χ4n) is 1.80. The number of hydrogen-bond acceptors (Lipinski definition) is 3. The number of aromatic nitrogens is 1. The van der Waals surface area contributed by atoms with E-state index in [4.69, 9.17) is 15.2 Å². The van der Waals surface area contributed by atoms with Crippen molar-refractivity contribution in [1.82, 2.24) is 15.2 Å². The van der Waals surface area contributed by atoms with Crippen molar-refractivity contribution in [3.05, 3.63) is 35.5 Å². The van der Waals surface area contributed by atoms with Crippen LogP contribution in [0.2, 0.25) is 2.82 Å². The Hall–Kier alpha value is -2.01. The zero-order valence-corrected chi connectivity index (χ0v) is 11.5. The number of fused-ring (bicyclic) bond motifs is 1. The van der Waals surface area contributed by atoms with Crippen molar-refractivity contribution in [2.75, 3.05) is 27.2 Å². The van der Waals surface area contributed by atoms with Crippen LogP contribution in [0.1, 0.15) is 23.5 Å². The summed E-state index contributed by atoms with van der Waals surface area (Å²) in [6.07, 6.45) is -5.55. The molecular weight excluding hydrogens is 266 g/mol. The van der Waals surface area contributed by atoms with E-state index in [0.29, 0.717) is 4.98 Å². The van der Waals surface area contributed by atoms with E-state index in [2.05, 4.69) is 4.74 Å². The normalized spacial score (nSPS) is 30.0. The zero-order chi connectivity index (χ0) is 24.5. The number of alkyl carbamates (subject to hydrolysis) is 1. The first kappa shape index (κ1) is 6.01. The SMILES string of the molecule is [2H]c1c(C([2H])([2H])[C@@H]2N([2H])C(=O)OC2([2H])[2H])c([2H])c2c(C([2H])([2H])CN(C)C)cn([2H])c2c1[2H]. The summed E-state index contributed by atoms with van der Waals surface area (Å²) in [5.74, 6) is 0. The molecule has 2 aromatic rings. The molecule has 0 aliphatic carbocycles. The molecule has 1 saturated heterocycles. The number of benzene rings is 1. The van der Waals surface area contributed by atoms with Gasteiger partial charge in [-0.2, -0.15) is 0 Å². The number of carbonyl (C=O) groups is 1. The van der Waals surface area contributed by atoms with Gasteiger partial charge in [0.2, 0.25) is 0 Å². The van der Waals surface area contributed by atoms with Gasteiger partial charge in [-0.3, -0.25) is 0 Å². The summed E-state index contributed by atoms with van der Waals surface area (Å²) in [6, 6.07) is -4.42. The summed E-state index contributed by atoms with van der Waals surface area (Å²) < 4.78 is 95.0. The van der Waals surface area contributed by atoms with Gasteiger partial charge in [0.15, 0.2) is 2.82 Å². The average molecular weight is 298 g/mol. The van der Waals surface area contributed by atoms with E-state index in [1.165, 1.54) is 4.90 Å². The molecule has 0 radical (unpaired) electrons. The van der Waals surface area contributed by atoms with Crippen LogP contribution in [0, 0.1) is 0 Å². The number of likely N-dealkylation sites (N-methyl/N-ethyl adjacent to an activating group) is 1. The molecule has 112 valence electrons. The lowest BCUT2D eigenvalue weighted by atomic mass is 10.0. The maximum atomic E-state index is 11.7. The molecule has 21 heavy (non-hydrogen) atoms. The summed E-state index contributed by atoms with van der Waals surface area (Å²) in [5, 5.41) is -0.316. The third-order valence-electron chi connectivity index (χ3n) is 2.74. The lowest BCUT2D eigenvalue weighted by Crippen LogP contribution is -2.28. The van der Waals surface area contributed by atoms with Gasteiger partial charge in [-0.25, -0.2) is 4.79 Å². The number of cyclic esters (lactones) is 1. The van der Waals surface area contributed by atoms with E-state index < -0.39 is 55.1 Å². The van der Waals surface area contributed by atoms with E-state index in [9.17, 15) is 4.79 Å². The summed E-state index contributed by atoms with van der Waals surface area (Å²) in [6.45, 7) is -3.13. The molecule has 2 heterocycles. The first-order valence-corrected chi connectivity index (χ1v) is 6.26. The van der Waals surface area contributed by atoms with Crippen LogP contribution in [-0.2, 0) is 17.5 Å². The maximum Gasteiger partial charge on any atom is 0.407 e. The number of rotatable bonds is 5. The van der Waals surface area contributed by atoms with Gasteiger partial charge in [0, 0.05) is 29.1 Å². The van der Waals surface area contributed by atoms with Gasteiger partial charge >= 0.3 is 6.09 Å². The molecule has 1 aliphatic rings. The van der Waals surface area contributed by atoms with Crippen LogP contribution < -0.4 is 5.31 Å². The Morgan fingerprint density at radius 1 is 1.62 bits per heavy atom. The Bertz CT molecular complexity index is 1100. The van der Waals surface area contributed by atoms with Gasteiger partial charge in [0.25, 0.3) is 0 Å². The Labute approximate surface area is 139 Å². The topological polar surface area (TPSA) is 57.4 Å². The zero-order valence-electron chi connectivity index (χ0n) is 22.5. The number of hydrogen-bond donors (Lipinski definition) is 2. The van der Waals surface area contributed by atoms with Crippen molar-refractivity contribution in [3.63, 3.8) is 0 Å². The second-order valence-corrected chi connectivity index (χ2v) is 4.72. The summed E-state index contributed by atoms with van der Waals surface area (Å²) >= 11 is 0. The predicted molar refractivity (Wildman–Crippen MR) is 82.5 cm³/mol. The molecule has 0 unspecified atom stereocenters. The first-order valence-electron chi connectivity index (χ1n) is 11.7. The number of carbonyl (C=O) groups excluding carboxylic acids is 1. The van der Waals surface area contributed by atoms with Gasteiger partial charge in [-0.15, -0.1) is 0 Å². The van der Waals surface area contributed by atoms with Gasteiger partial charge in [0.1, 0.15) is 6.56 Å². The molecule has 0 spiro atoms. The summed E-state index contributed by atoms with van der Waals surface area (Å²) in [4.78, 5) is 13.9. The predicted octanol–water partition coefficient (Wildman–Crippen LogP) is 1.92. The fraction of sp³-hybridized carbons (Fsp3) is 0.438. The quantitative estimate of drug-likeness (QED) is 0.887. The molecule has 1 fully saturated rings. The van der Waals surface area contributed by atoms with Gasteiger partial charge in [-0.1, -0.05) is 6.04 Å². The molecule has 1 aromatic heterocycles. The van der Waals surface area contributed by atoms with Gasteiger partial charge < -0.3 is 19.9 Å². The lowest BCUT2D eigenvalue weighted by Gasteiger charge is -2.09. The summed E-state index contributed by atoms with van der Waals surface area (Å²) in [7, 11) is 3.23. The number of nitrogens with zero attached hydrogens (tertiary/aromatic N) is 1. The van der Waals surface area contributed by atoms with Crippen LogP contribution in [0.5, 0.6) is 0 Å². The molecule has 1 amide bonds. The minimum Gasteiger partial charge on any atom is -0.447 e. The minimum atomic E-state index is -3.04. The van der Waals surface area contributed by atoms with Crippen molar-refractivity contribution in [2.24, 2.45) is 0 Å². The van der Waals surface area contributed by atoms with Crippen LogP contribution in [0.4, 0.5) is 4.79 Å². The van der Waals surface area contributed by atoms with Gasteiger partial charge in [-0.05, 0) is 50.1 Å². The molecule has 1 aliphatic heterocycles. The second kappa shape index (κ2) is 5.77. The maximum absolute atomic E-state index is 11.7. The first-order chi connectivity index (χ1) is 14.4. The monoisotopic (exact) mass is 298 g/mol. The van der Waals surface area contributed by atoms with E-state index in [0.717, 1.165) is 6.20 Å². The molecule has 0 bridgehead atoms.